The second kappa shape index (κ2) is 6.57. The van der Waals surface area contributed by atoms with Gasteiger partial charge in [0.2, 0.25) is 0 Å². The monoisotopic (exact) mass is 434 g/mol. The molecule has 0 aromatic carbocycles. The van der Waals surface area contributed by atoms with Crippen LogP contribution >= 0.6 is 21.3 Å². The molecule has 1 saturated heterocycles. The van der Waals surface area contributed by atoms with E-state index in [0.717, 1.165) is 0 Å². The summed E-state index contributed by atoms with van der Waals surface area (Å²) in [7, 11) is 2.51. The van der Waals surface area contributed by atoms with E-state index in [-0.39, 0.29) is 13.2 Å². The molecule has 0 spiro atoms. The van der Waals surface area contributed by atoms with Gasteiger partial charge in [0, 0.05) is 0 Å². The van der Waals surface area contributed by atoms with Crippen LogP contribution in [0.3, 0.4) is 0 Å². The van der Waals surface area contributed by atoms with E-state index >= 15 is 0 Å². The van der Waals surface area contributed by atoms with Crippen molar-refractivity contribution in [3.8, 4) is 0 Å². The number of rotatable bonds is 2. The predicted molar refractivity (Wildman–Crippen MR) is 129 cm³/mol. The Morgan fingerprint density at radius 3 is 0.750 bits per heavy atom. The quantitative estimate of drug-likeness (QED) is 0.404. The highest BCUT2D eigenvalue weighted by molar-refractivity contribution is 8.99. The molecule has 0 aromatic heterocycles. The number of hydrogen-bond acceptors (Lipinski definition) is 2. The van der Waals surface area contributed by atoms with Crippen molar-refractivity contribution in [2.45, 2.75) is 116 Å². The molecule has 1 fully saturated rings. The Kier molecular flexibility index (Phi) is 6.46. The molecule has 0 saturated carbocycles. The molecule has 0 aliphatic carbocycles. The van der Waals surface area contributed by atoms with E-state index in [2.05, 4.69) is 117 Å². The highest BCUT2D eigenvalue weighted by atomic mass is 32.9. The lowest BCUT2D eigenvalue weighted by atomic mass is 10.2. The molecule has 0 N–H and O–H groups in total. The van der Waals surface area contributed by atoms with Gasteiger partial charge >= 0.3 is 0 Å². The highest BCUT2D eigenvalue weighted by Crippen LogP contribution is 2.66. The molecule has 1 heterocycles. The molecule has 142 valence electrons. The van der Waals surface area contributed by atoms with Crippen molar-refractivity contribution >= 4 is 49.7 Å². The average Bonchev–Trinajstić information content (AvgIpc) is 2.19. The van der Waals surface area contributed by atoms with Gasteiger partial charge in [-0.2, -0.15) is 21.3 Å². The van der Waals surface area contributed by atoms with Gasteiger partial charge in [0.1, 0.15) is 0 Å². The predicted octanol–water partition coefficient (Wildman–Crippen LogP) is 7.96. The first kappa shape index (κ1) is 23.6. The summed E-state index contributed by atoms with van der Waals surface area (Å²) >= 11 is 0. The van der Waals surface area contributed by atoms with E-state index < -0.39 is 15.2 Å². The van der Waals surface area contributed by atoms with Crippen molar-refractivity contribution < 1.29 is 0 Å². The summed E-state index contributed by atoms with van der Waals surface area (Å²) in [5.74, 6) is 0. The summed E-state index contributed by atoms with van der Waals surface area (Å²) in [4.78, 5) is 0. The van der Waals surface area contributed by atoms with Gasteiger partial charge in [-0.15, -0.1) is 0 Å². The van der Waals surface area contributed by atoms with Crippen LogP contribution in [0, 0.1) is 0 Å². The van der Waals surface area contributed by atoms with Crippen LogP contribution in [-0.4, -0.2) is 28.4 Å². The summed E-state index contributed by atoms with van der Waals surface area (Å²) in [5.41, 5.74) is 0. The summed E-state index contributed by atoms with van der Waals surface area (Å²) in [6.07, 6.45) is 0. The van der Waals surface area contributed by atoms with Crippen molar-refractivity contribution in [1.82, 2.24) is 0 Å². The minimum atomic E-state index is -1.33. The molecule has 0 nitrogen and oxygen atoms in total. The molecule has 0 unspecified atom stereocenters. The maximum Gasteiger partial charge on any atom is 0.165 e. The first-order valence-electron chi connectivity index (χ1n) is 9.32. The van der Waals surface area contributed by atoms with Crippen LogP contribution in [0.25, 0.3) is 0 Å². The Bertz CT molecular complexity index is 387. The molecule has 0 amide bonds. The van der Waals surface area contributed by atoms with Crippen LogP contribution in [0.15, 0.2) is 0 Å². The Labute approximate surface area is 165 Å². The summed E-state index contributed by atoms with van der Waals surface area (Å²) < 4.78 is 0. The molecule has 2 radical (unpaired) electrons. The molecule has 1 rings (SSSR count). The molecular formula is C18H42S2Si4. The zero-order valence-electron chi connectivity index (χ0n) is 18.8. The molecule has 1 aliphatic heterocycles. The van der Waals surface area contributed by atoms with Crippen LogP contribution < -0.4 is 0 Å². The van der Waals surface area contributed by atoms with Gasteiger partial charge in [-0.3, -0.25) is 0 Å². The van der Waals surface area contributed by atoms with Crippen LogP contribution in [0.1, 0.15) is 83.1 Å². The third kappa shape index (κ3) is 3.62. The Balaban J connectivity index is 3.18. The Morgan fingerprint density at radius 2 is 0.625 bits per heavy atom. The van der Waals surface area contributed by atoms with Gasteiger partial charge in [-0.05, 0) is 20.2 Å². The van der Waals surface area contributed by atoms with Gasteiger partial charge in [0.25, 0.3) is 0 Å². The lowest BCUT2D eigenvalue weighted by Crippen LogP contribution is -2.69. The third-order valence-electron chi connectivity index (χ3n) is 7.19. The molecule has 24 heavy (non-hydrogen) atoms. The van der Waals surface area contributed by atoms with E-state index in [9.17, 15) is 0 Å². The largest absolute Gasteiger partial charge is 0.191 e. The van der Waals surface area contributed by atoms with Crippen molar-refractivity contribution in [1.29, 1.82) is 0 Å². The van der Waals surface area contributed by atoms with Crippen LogP contribution in [0.4, 0.5) is 0 Å². The van der Waals surface area contributed by atoms with E-state index in [1.807, 2.05) is 0 Å². The Morgan fingerprint density at radius 1 is 0.458 bits per heavy atom. The van der Waals surface area contributed by atoms with Crippen LogP contribution in [0.5, 0.6) is 0 Å². The standard InChI is InChI=1S/C18H42S2Si4/c1-15(2,3)23(13,16(4,5)6)21-19-22(20-21)24(14,17(7,8)9)18(10,11)12/h1-14H3. The van der Waals surface area contributed by atoms with Crippen molar-refractivity contribution in [3.63, 3.8) is 0 Å². The molecule has 6 heteroatoms. The van der Waals surface area contributed by atoms with E-state index in [4.69, 9.17) is 0 Å². The molecule has 0 atom stereocenters. The van der Waals surface area contributed by atoms with Gasteiger partial charge in [-0.1, -0.05) is 96.2 Å². The fourth-order valence-corrected chi connectivity index (χ4v) is 109. The van der Waals surface area contributed by atoms with Crippen molar-refractivity contribution in [3.05, 3.63) is 0 Å². The topological polar surface area (TPSA) is 0 Å². The highest BCUT2D eigenvalue weighted by Gasteiger charge is 2.66. The second-order valence-electron chi connectivity index (χ2n) is 12.0. The summed E-state index contributed by atoms with van der Waals surface area (Å²) in [6, 6.07) is 0. The summed E-state index contributed by atoms with van der Waals surface area (Å²) in [5, 5.41) is 2.03. The Hall–Kier alpha value is 1.57. The van der Waals surface area contributed by atoms with Gasteiger partial charge in [-0.25, -0.2) is 0 Å². The van der Waals surface area contributed by atoms with Crippen LogP contribution in [-0.2, 0) is 0 Å². The zero-order chi connectivity index (χ0) is 19.6. The van der Waals surface area contributed by atoms with E-state index in [1.54, 1.807) is 0 Å². The lowest BCUT2D eigenvalue weighted by Gasteiger charge is -2.62. The number of hydrogen-bond donors (Lipinski definition) is 0. The van der Waals surface area contributed by atoms with Gasteiger partial charge in [0.15, 0.2) is 13.2 Å². The minimum Gasteiger partial charge on any atom is -0.191 e. The lowest BCUT2D eigenvalue weighted by molar-refractivity contribution is 0.636. The fourth-order valence-electron chi connectivity index (χ4n) is 4.06. The molecular weight excluding hydrogens is 393 g/mol. The first-order chi connectivity index (χ1) is 10.2. The smallest absolute Gasteiger partial charge is 0.165 e. The zero-order valence-corrected chi connectivity index (χ0v) is 24.4. The van der Waals surface area contributed by atoms with Crippen molar-refractivity contribution in [2.75, 3.05) is 0 Å². The normalized spacial score (nSPS) is 20.2. The van der Waals surface area contributed by atoms with Gasteiger partial charge < -0.3 is 0 Å². The first-order valence-corrected chi connectivity index (χ1v) is 23.8. The average molecular weight is 435 g/mol. The third-order valence-corrected chi connectivity index (χ3v) is 79.1. The maximum absolute atomic E-state index is 2.74. The minimum absolute atomic E-state index is 0.297. The second-order valence-corrected chi connectivity index (χ2v) is 48.8. The molecule has 0 aromatic rings. The summed E-state index contributed by atoms with van der Waals surface area (Å²) in [6.45, 7) is 35.4. The van der Waals surface area contributed by atoms with Gasteiger partial charge in [0.05, 0.1) is 15.2 Å². The van der Waals surface area contributed by atoms with E-state index in [1.165, 1.54) is 0 Å². The SMILES string of the molecule is CC(C)(C)[Si](C)([Si]1S[Si]([Si](C)(C(C)(C)C)C(C)(C)C)S1)C(C)(C)C. The molecule has 0 bridgehead atoms. The maximum atomic E-state index is 2.74. The van der Waals surface area contributed by atoms with Crippen LogP contribution in [0.2, 0.25) is 33.2 Å². The van der Waals surface area contributed by atoms with E-state index in [0.29, 0.717) is 20.2 Å². The fraction of sp³-hybridized carbons (Fsp3) is 1.00. The van der Waals surface area contributed by atoms with Crippen molar-refractivity contribution in [2.24, 2.45) is 0 Å². The molecule has 1 aliphatic rings.